The number of rotatable bonds is 7. The van der Waals surface area contributed by atoms with Gasteiger partial charge in [-0.05, 0) is 31.7 Å². The maximum Gasteiger partial charge on any atom is 0.227 e. The van der Waals surface area contributed by atoms with Gasteiger partial charge in [0.2, 0.25) is 5.91 Å². The molecule has 8 nitrogen and oxygen atoms in total. The van der Waals surface area contributed by atoms with Gasteiger partial charge < -0.3 is 20.0 Å². The number of ether oxygens (including phenoxy) is 1. The van der Waals surface area contributed by atoms with E-state index >= 15 is 0 Å². The minimum Gasteiger partial charge on any atom is -0.381 e. The molecule has 10 heteroatoms. The molecule has 6 rings (SSSR count). The second-order valence-electron chi connectivity index (χ2n) is 9.74. The van der Waals surface area contributed by atoms with Crippen molar-refractivity contribution < 1.29 is 13.9 Å². The highest BCUT2D eigenvalue weighted by molar-refractivity contribution is 8.00. The molecule has 3 N–H and O–H groups in total. The van der Waals surface area contributed by atoms with E-state index in [1.807, 2.05) is 17.8 Å². The molecule has 35 heavy (non-hydrogen) atoms. The van der Waals surface area contributed by atoms with Crippen LogP contribution in [0.4, 0.5) is 4.39 Å². The van der Waals surface area contributed by atoms with E-state index < -0.39 is 6.67 Å². The number of H-pyrrole nitrogens is 2. The highest BCUT2D eigenvalue weighted by atomic mass is 32.2. The average molecular weight is 499 g/mol. The van der Waals surface area contributed by atoms with E-state index in [4.69, 9.17) is 4.74 Å². The van der Waals surface area contributed by atoms with Crippen LogP contribution in [0.1, 0.15) is 47.3 Å². The molecule has 2 fully saturated rings. The zero-order valence-electron chi connectivity index (χ0n) is 19.6. The van der Waals surface area contributed by atoms with Gasteiger partial charge in [-0.1, -0.05) is 12.1 Å². The van der Waals surface area contributed by atoms with Crippen LogP contribution >= 0.6 is 11.8 Å². The first-order valence-electron chi connectivity index (χ1n) is 12.5. The number of hydrogen-bond donors (Lipinski definition) is 3. The Labute approximate surface area is 207 Å². The van der Waals surface area contributed by atoms with Gasteiger partial charge in [0.1, 0.15) is 12.5 Å². The van der Waals surface area contributed by atoms with Crippen LogP contribution in [-0.4, -0.2) is 74.4 Å². The van der Waals surface area contributed by atoms with Crippen LogP contribution in [0.2, 0.25) is 0 Å². The quantitative estimate of drug-likeness (QED) is 0.463. The number of nitrogens with zero attached hydrogens (tertiary/aromatic N) is 3. The number of aryl methyl sites for hydroxylation is 1. The lowest BCUT2D eigenvalue weighted by Crippen LogP contribution is -2.44. The number of halogens is 1. The summed E-state index contributed by atoms with van der Waals surface area (Å²) in [6.45, 7) is 2.86. The normalized spacial score (nSPS) is 25.3. The number of hydrogen-bond acceptors (Lipinski definition) is 6. The topological polar surface area (TPSA) is 98.9 Å². The van der Waals surface area contributed by atoms with Crippen LogP contribution in [0.3, 0.4) is 0 Å². The molecule has 3 atom stereocenters. The molecule has 4 heterocycles. The second kappa shape index (κ2) is 9.91. The third-order valence-electron chi connectivity index (χ3n) is 7.52. The van der Waals surface area contributed by atoms with Crippen molar-refractivity contribution in [1.29, 1.82) is 0 Å². The van der Waals surface area contributed by atoms with E-state index in [-0.39, 0.29) is 18.4 Å². The number of alkyl halides is 1. The fourth-order valence-electron chi connectivity index (χ4n) is 5.74. The summed E-state index contributed by atoms with van der Waals surface area (Å²) in [5.74, 6) is 0.517. The number of thioether (sulfide) groups is 1. The van der Waals surface area contributed by atoms with Gasteiger partial charge in [-0.25, -0.2) is 14.4 Å². The van der Waals surface area contributed by atoms with Crippen molar-refractivity contribution in [3.8, 4) is 0 Å². The summed E-state index contributed by atoms with van der Waals surface area (Å²) in [5.41, 5.74) is 4.34. The van der Waals surface area contributed by atoms with Gasteiger partial charge >= 0.3 is 0 Å². The number of nitrogens with one attached hydrogen (secondary N) is 3. The highest BCUT2D eigenvalue weighted by Gasteiger charge is 2.40. The minimum absolute atomic E-state index is 0.0519. The van der Waals surface area contributed by atoms with Gasteiger partial charge in [0.15, 0.2) is 0 Å². The predicted molar refractivity (Wildman–Crippen MR) is 133 cm³/mol. The highest BCUT2D eigenvalue weighted by Crippen LogP contribution is 2.44. The van der Waals surface area contributed by atoms with Crippen LogP contribution in [0, 0.1) is 0 Å². The van der Waals surface area contributed by atoms with Crippen LogP contribution in [0.5, 0.6) is 0 Å². The summed E-state index contributed by atoms with van der Waals surface area (Å²) in [6, 6.07) is 5.97. The molecule has 0 spiro atoms. The molecule has 1 amide bonds. The molecule has 0 radical (unpaired) electrons. The van der Waals surface area contributed by atoms with E-state index in [1.54, 1.807) is 18.5 Å². The van der Waals surface area contributed by atoms with Crippen molar-refractivity contribution in [3.05, 3.63) is 47.3 Å². The maximum atomic E-state index is 13.3. The first-order valence-corrected chi connectivity index (χ1v) is 13.4. The standard InChI is InChI=1S/C25H31FN6O2S/c26-11-15-2-1-3-18-24(15)31-22(29-18)10-23(33)30-19-12-32(16-6-8-34-9-7-16)13-21(19)35-20-5-4-17-25(20)28-14-27-17/h1-3,14,16,19-21H,4-13H2,(H,27,28)(H,29,31)(H,30,33)/t19?,20?,21-/m0/s1. The molecule has 186 valence electrons. The van der Waals surface area contributed by atoms with Crippen LogP contribution in [0.15, 0.2) is 24.5 Å². The SMILES string of the molecule is O=C(Cc1nc2c(CF)cccc2[nH]1)NC1CN(C2CCOCC2)C[C@@H]1SC1CCc2nc[nH]c21. The molecule has 2 unspecified atom stereocenters. The number of para-hydroxylation sites is 1. The third-order valence-corrected chi connectivity index (χ3v) is 9.15. The Hall–Kier alpha value is -2.43. The molecule has 1 aromatic carbocycles. The van der Waals surface area contributed by atoms with Crippen molar-refractivity contribution in [2.24, 2.45) is 0 Å². The summed E-state index contributed by atoms with van der Waals surface area (Å²) in [4.78, 5) is 31.1. The molecule has 0 saturated carbocycles. The van der Waals surface area contributed by atoms with Gasteiger partial charge in [-0.2, -0.15) is 0 Å². The number of aromatic amines is 2. The Balaban J connectivity index is 1.15. The summed E-state index contributed by atoms with van der Waals surface area (Å²) >= 11 is 1.97. The third kappa shape index (κ3) is 4.71. The van der Waals surface area contributed by atoms with Crippen molar-refractivity contribution >= 4 is 28.7 Å². The Morgan fingerprint density at radius 2 is 2.14 bits per heavy atom. The lowest BCUT2D eigenvalue weighted by Gasteiger charge is -2.31. The fraction of sp³-hybridized carbons (Fsp3) is 0.560. The van der Waals surface area contributed by atoms with E-state index in [0.717, 1.165) is 57.5 Å². The number of carbonyl (C=O) groups is 1. The minimum atomic E-state index is -0.573. The largest absolute Gasteiger partial charge is 0.381 e. The van der Waals surface area contributed by atoms with Gasteiger partial charge in [0, 0.05) is 48.4 Å². The molecular weight excluding hydrogens is 467 g/mol. The number of aromatic nitrogens is 4. The Bertz CT molecular complexity index is 1190. The first-order chi connectivity index (χ1) is 17.2. The zero-order valence-corrected chi connectivity index (χ0v) is 20.5. The Morgan fingerprint density at radius 3 is 3.00 bits per heavy atom. The molecular formula is C25H31FN6O2S. The maximum absolute atomic E-state index is 13.3. The predicted octanol–water partition coefficient (Wildman–Crippen LogP) is 3.07. The molecule has 2 saturated heterocycles. The second-order valence-corrected chi connectivity index (χ2v) is 11.2. The number of imidazole rings is 2. The van der Waals surface area contributed by atoms with Crippen molar-refractivity contribution in [2.45, 2.75) is 61.4 Å². The van der Waals surface area contributed by atoms with E-state index in [9.17, 15) is 9.18 Å². The van der Waals surface area contributed by atoms with Crippen molar-refractivity contribution in [1.82, 2.24) is 30.2 Å². The summed E-state index contributed by atoms with van der Waals surface area (Å²) < 4.78 is 18.9. The monoisotopic (exact) mass is 498 g/mol. The summed E-state index contributed by atoms with van der Waals surface area (Å²) in [7, 11) is 0. The van der Waals surface area contributed by atoms with Gasteiger partial charge in [-0.3, -0.25) is 9.69 Å². The molecule has 0 bridgehead atoms. The number of likely N-dealkylation sites (tertiary alicyclic amines) is 1. The number of amides is 1. The molecule has 2 aromatic heterocycles. The lowest BCUT2D eigenvalue weighted by atomic mass is 10.1. The van der Waals surface area contributed by atoms with Crippen LogP contribution in [0.25, 0.3) is 11.0 Å². The zero-order chi connectivity index (χ0) is 23.8. The smallest absolute Gasteiger partial charge is 0.227 e. The van der Waals surface area contributed by atoms with E-state index in [1.165, 1.54) is 11.4 Å². The van der Waals surface area contributed by atoms with Crippen molar-refractivity contribution in [2.75, 3.05) is 26.3 Å². The van der Waals surface area contributed by atoms with Gasteiger partial charge in [0.05, 0.1) is 41.2 Å². The number of fused-ring (bicyclic) bond motifs is 2. The van der Waals surface area contributed by atoms with Crippen LogP contribution < -0.4 is 5.32 Å². The van der Waals surface area contributed by atoms with E-state index in [0.29, 0.717) is 33.4 Å². The lowest BCUT2D eigenvalue weighted by molar-refractivity contribution is -0.121. The number of carbonyl (C=O) groups excluding carboxylic acids is 1. The van der Waals surface area contributed by atoms with Crippen molar-refractivity contribution in [3.63, 3.8) is 0 Å². The molecule has 3 aromatic rings. The fourth-order valence-corrected chi connectivity index (χ4v) is 7.38. The average Bonchev–Trinajstić information content (AvgIpc) is 3.65. The Morgan fingerprint density at radius 1 is 1.26 bits per heavy atom. The first kappa shape index (κ1) is 23.0. The number of benzene rings is 1. The molecule has 3 aliphatic rings. The van der Waals surface area contributed by atoms with Gasteiger partial charge in [-0.15, -0.1) is 11.8 Å². The molecule has 2 aliphatic heterocycles. The Kier molecular flexibility index (Phi) is 6.51. The van der Waals surface area contributed by atoms with E-state index in [2.05, 4.69) is 30.2 Å². The van der Waals surface area contributed by atoms with Gasteiger partial charge in [0.25, 0.3) is 0 Å². The molecule has 1 aliphatic carbocycles. The summed E-state index contributed by atoms with van der Waals surface area (Å²) in [6.07, 6.45) is 6.13. The van der Waals surface area contributed by atoms with Crippen LogP contribution in [-0.2, 0) is 29.0 Å². The summed E-state index contributed by atoms with van der Waals surface area (Å²) in [5, 5.41) is 4.01.